The van der Waals surface area contributed by atoms with Gasteiger partial charge in [0.15, 0.2) is 0 Å². The van der Waals surface area contributed by atoms with Gasteiger partial charge in [-0.05, 0) is 49.4 Å². The first-order chi connectivity index (χ1) is 9.60. The first-order valence-corrected chi connectivity index (χ1v) is 6.59. The maximum atomic E-state index is 11.7. The second-order valence-electron chi connectivity index (χ2n) is 4.17. The first-order valence-electron chi connectivity index (χ1n) is 6.21. The normalized spacial score (nSPS) is 10.1. The number of hydrogen-bond donors (Lipinski definition) is 2. The van der Waals surface area contributed by atoms with E-state index < -0.39 is 0 Å². The van der Waals surface area contributed by atoms with Crippen molar-refractivity contribution in [1.29, 1.82) is 0 Å². The average molecular weight is 291 g/mol. The fraction of sp³-hybridized carbons (Fsp3) is 0.133. The zero-order chi connectivity index (χ0) is 14.5. The van der Waals surface area contributed by atoms with Crippen molar-refractivity contribution in [3.05, 3.63) is 53.1 Å². The summed E-state index contributed by atoms with van der Waals surface area (Å²) < 4.78 is 5.64. The molecule has 1 amide bonds. The number of rotatable bonds is 4. The van der Waals surface area contributed by atoms with Crippen LogP contribution in [-0.4, -0.2) is 12.5 Å². The fourth-order valence-electron chi connectivity index (χ4n) is 1.67. The number of ether oxygens (including phenoxy) is 1. The Hall–Kier alpha value is -2.20. The number of carbonyl (C=O) groups excluding carboxylic acids is 1. The monoisotopic (exact) mass is 290 g/mol. The van der Waals surface area contributed by atoms with E-state index >= 15 is 0 Å². The molecule has 3 N–H and O–H groups in total. The van der Waals surface area contributed by atoms with Crippen LogP contribution in [0.3, 0.4) is 0 Å². The summed E-state index contributed by atoms with van der Waals surface area (Å²) in [5, 5.41) is 3.35. The zero-order valence-corrected chi connectivity index (χ0v) is 11.8. The molecule has 5 heteroatoms. The number of carbonyl (C=O) groups is 1. The molecule has 0 saturated carbocycles. The van der Waals surface area contributed by atoms with E-state index in [4.69, 9.17) is 22.1 Å². The summed E-state index contributed by atoms with van der Waals surface area (Å²) in [5.74, 6) is 0.976. The van der Waals surface area contributed by atoms with Gasteiger partial charge in [-0.1, -0.05) is 11.6 Å². The Morgan fingerprint density at radius 1 is 1.25 bits per heavy atom. The minimum absolute atomic E-state index is 0.155. The second kappa shape index (κ2) is 6.30. The summed E-state index contributed by atoms with van der Waals surface area (Å²) in [7, 11) is 0. The number of benzene rings is 2. The molecule has 0 saturated heterocycles. The van der Waals surface area contributed by atoms with Crippen LogP contribution < -0.4 is 15.8 Å². The molecule has 0 aromatic heterocycles. The number of nitrogens with one attached hydrogen (secondary N) is 1. The summed E-state index contributed by atoms with van der Waals surface area (Å²) in [6.07, 6.45) is 0. The van der Waals surface area contributed by atoms with Gasteiger partial charge in [0, 0.05) is 17.1 Å². The van der Waals surface area contributed by atoms with E-state index in [9.17, 15) is 4.79 Å². The molecular weight excluding hydrogens is 276 g/mol. The van der Waals surface area contributed by atoms with Crippen LogP contribution in [0.15, 0.2) is 42.5 Å². The largest absolute Gasteiger partial charge is 0.455 e. The molecule has 0 fully saturated rings. The minimum atomic E-state index is -0.155. The lowest BCUT2D eigenvalue weighted by Crippen LogP contribution is -2.22. The number of nitrogens with two attached hydrogens (primary N) is 1. The Labute approximate surface area is 122 Å². The Kier molecular flexibility index (Phi) is 4.48. The van der Waals surface area contributed by atoms with Crippen molar-refractivity contribution in [1.82, 2.24) is 5.32 Å². The van der Waals surface area contributed by atoms with E-state index in [-0.39, 0.29) is 5.91 Å². The Bertz CT molecular complexity index is 612. The van der Waals surface area contributed by atoms with Crippen molar-refractivity contribution < 1.29 is 9.53 Å². The molecular formula is C15H15ClN2O2. The summed E-state index contributed by atoms with van der Waals surface area (Å²) in [4.78, 5) is 11.7. The molecule has 20 heavy (non-hydrogen) atoms. The molecule has 0 spiro atoms. The highest BCUT2D eigenvalue weighted by atomic mass is 35.5. The van der Waals surface area contributed by atoms with Gasteiger partial charge in [0.1, 0.15) is 11.5 Å². The van der Waals surface area contributed by atoms with Crippen LogP contribution in [0.2, 0.25) is 5.02 Å². The second-order valence-corrected chi connectivity index (χ2v) is 4.60. The van der Waals surface area contributed by atoms with Crippen molar-refractivity contribution in [2.45, 2.75) is 6.92 Å². The van der Waals surface area contributed by atoms with Gasteiger partial charge in [0.25, 0.3) is 5.91 Å². The highest BCUT2D eigenvalue weighted by Crippen LogP contribution is 2.28. The van der Waals surface area contributed by atoms with E-state index in [1.54, 1.807) is 42.5 Å². The van der Waals surface area contributed by atoms with E-state index in [0.29, 0.717) is 34.3 Å². The molecule has 0 aliphatic rings. The van der Waals surface area contributed by atoms with Crippen LogP contribution in [0.1, 0.15) is 17.3 Å². The van der Waals surface area contributed by atoms with Crippen molar-refractivity contribution in [2.75, 3.05) is 12.3 Å². The predicted molar refractivity (Wildman–Crippen MR) is 80.4 cm³/mol. The van der Waals surface area contributed by atoms with Crippen molar-refractivity contribution in [3.63, 3.8) is 0 Å². The molecule has 2 aromatic carbocycles. The fourth-order valence-corrected chi connectivity index (χ4v) is 1.80. The number of halogens is 1. The molecule has 0 bridgehead atoms. The van der Waals surface area contributed by atoms with Gasteiger partial charge < -0.3 is 15.8 Å². The van der Waals surface area contributed by atoms with Crippen LogP contribution in [0.4, 0.5) is 5.69 Å². The van der Waals surface area contributed by atoms with Gasteiger partial charge in [-0.15, -0.1) is 0 Å². The molecule has 104 valence electrons. The lowest BCUT2D eigenvalue weighted by atomic mass is 10.1. The number of nitrogen functional groups attached to an aromatic ring is 1. The summed E-state index contributed by atoms with van der Waals surface area (Å²) in [6.45, 7) is 2.43. The lowest BCUT2D eigenvalue weighted by Gasteiger charge is -2.10. The average Bonchev–Trinajstić information content (AvgIpc) is 2.43. The standard InChI is InChI=1S/C15H15ClN2O2/c1-2-18-15(19)10-3-8-14(13(17)9-10)20-12-6-4-11(16)5-7-12/h3-9H,2,17H2,1H3,(H,18,19). The van der Waals surface area contributed by atoms with Crippen molar-refractivity contribution in [2.24, 2.45) is 0 Å². The third-order valence-electron chi connectivity index (χ3n) is 2.65. The highest BCUT2D eigenvalue weighted by molar-refractivity contribution is 6.30. The maximum Gasteiger partial charge on any atom is 0.251 e. The summed E-state index contributed by atoms with van der Waals surface area (Å²) in [5.41, 5.74) is 6.82. The van der Waals surface area contributed by atoms with Crippen molar-refractivity contribution >= 4 is 23.2 Å². The van der Waals surface area contributed by atoms with Gasteiger partial charge in [-0.25, -0.2) is 0 Å². The van der Waals surface area contributed by atoms with Crippen LogP contribution in [0.25, 0.3) is 0 Å². The van der Waals surface area contributed by atoms with E-state index in [2.05, 4.69) is 5.32 Å². The number of hydrogen-bond acceptors (Lipinski definition) is 3. The van der Waals surface area contributed by atoms with Gasteiger partial charge in [0.2, 0.25) is 0 Å². The smallest absolute Gasteiger partial charge is 0.251 e. The topological polar surface area (TPSA) is 64.3 Å². The summed E-state index contributed by atoms with van der Waals surface area (Å²) in [6, 6.07) is 11.9. The zero-order valence-electron chi connectivity index (χ0n) is 11.0. The third-order valence-corrected chi connectivity index (χ3v) is 2.90. The van der Waals surface area contributed by atoms with Crippen molar-refractivity contribution in [3.8, 4) is 11.5 Å². The van der Waals surface area contributed by atoms with Gasteiger partial charge >= 0.3 is 0 Å². The molecule has 2 rings (SSSR count). The molecule has 0 atom stereocenters. The van der Waals surface area contributed by atoms with Gasteiger partial charge in [-0.3, -0.25) is 4.79 Å². The van der Waals surface area contributed by atoms with Gasteiger partial charge in [-0.2, -0.15) is 0 Å². The third kappa shape index (κ3) is 3.42. The first kappa shape index (κ1) is 14.2. The lowest BCUT2D eigenvalue weighted by molar-refractivity contribution is 0.0956. The minimum Gasteiger partial charge on any atom is -0.455 e. The molecule has 0 heterocycles. The molecule has 0 aliphatic carbocycles. The van der Waals surface area contributed by atoms with E-state index in [0.717, 1.165) is 0 Å². The van der Waals surface area contributed by atoms with Crippen LogP contribution in [0, 0.1) is 0 Å². The predicted octanol–water partition coefficient (Wildman–Crippen LogP) is 3.46. The molecule has 0 unspecified atom stereocenters. The molecule has 2 aromatic rings. The number of anilines is 1. The van der Waals surface area contributed by atoms with Crippen LogP contribution in [0.5, 0.6) is 11.5 Å². The van der Waals surface area contributed by atoms with E-state index in [1.165, 1.54) is 0 Å². The molecule has 0 radical (unpaired) electrons. The van der Waals surface area contributed by atoms with E-state index in [1.807, 2.05) is 6.92 Å². The Morgan fingerprint density at radius 3 is 2.55 bits per heavy atom. The molecule has 0 aliphatic heterocycles. The van der Waals surface area contributed by atoms with Crippen LogP contribution in [-0.2, 0) is 0 Å². The highest BCUT2D eigenvalue weighted by Gasteiger charge is 2.08. The Balaban J connectivity index is 2.17. The SMILES string of the molecule is CCNC(=O)c1ccc(Oc2ccc(Cl)cc2)c(N)c1. The maximum absolute atomic E-state index is 11.7. The molecule has 4 nitrogen and oxygen atoms in total. The van der Waals surface area contributed by atoms with Gasteiger partial charge in [0.05, 0.1) is 5.69 Å². The van der Waals surface area contributed by atoms with Crippen LogP contribution >= 0.6 is 11.6 Å². The quantitative estimate of drug-likeness (QED) is 0.848. The summed E-state index contributed by atoms with van der Waals surface area (Å²) >= 11 is 5.81. The Morgan fingerprint density at radius 2 is 1.95 bits per heavy atom. The number of amides is 1.